The Hall–Kier alpha value is 2.56. The van der Waals surface area contributed by atoms with Crippen molar-refractivity contribution < 1.29 is 32.3 Å². The smallest absolute Gasteiger partial charge is 0 e. The second kappa shape index (κ2) is 9.12. The first-order valence-electron chi connectivity index (χ1n) is 0.337. The number of halogens is 1. The molecule has 0 saturated heterocycles. The minimum Gasteiger partial charge on any atom is 0 e. The van der Waals surface area contributed by atoms with Crippen LogP contribution in [0.4, 0.5) is 0 Å². The van der Waals surface area contributed by atoms with Crippen LogP contribution in [0.1, 0.15) is 0 Å². The zero-order valence-electron chi connectivity index (χ0n) is 1.94. The van der Waals surface area contributed by atoms with Gasteiger partial charge in [-0.15, -0.1) is 0 Å². The summed E-state index contributed by atoms with van der Waals surface area (Å²) in [5, 5.41) is 0. The molecule has 0 aliphatic heterocycles. The summed E-state index contributed by atoms with van der Waals surface area (Å²) >= 11 is 5.35. The van der Waals surface area contributed by atoms with Crippen LogP contribution in [0.5, 0.6) is 0 Å². The van der Waals surface area contributed by atoms with E-state index >= 15 is 0 Å². The van der Waals surface area contributed by atoms with E-state index in [2.05, 4.69) is 32.7 Å². The summed E-state index contributed by atoms with van der Waals surface area (Å²) in [4.78, 5) is 0. The van der Waals surface area contributed by atoms with Gasteiger partial charge in [0.15, 0.2) is 0 Å². The molecule has 0 aliphatic rings. The van der Waals surface area contributed by atoms with Gasteiger partial charge in [0, 0.05) is 19.5 Å². The molecule has 0 spiro atoms. The summed E-state index contributed by atoms with van der Waals surface area (Å²) < 4.78 is 0. The first kappa shape index (κ1) is 9.75. The van der Waals surface area contributed by atoms with Gasteiger partial charge in [0.2, 0.25) is 0 Å². The average molecular weight is 368 g/mol. The molecular weight excluding hydrogens is 367 g/mol. The fourth-order valence-corrected chi connectivity index (χ4v) is 0. The van der Waals surface area contributed by atoms with Crippen molar-refractivity contribution in [2.24, 2.45) is 0 Å². The molecule has 0 rings (SSSR count). The second-order valence-corrected chi connectivity index (χ2v) is 14.2. The van der Waals surface area contributed by atoms with Crippen molar-refractivity contribution in [3.8, 4) is 0 Å². The predicted molar refractivity (Wildman–Crippen MR) is 21.2 cm³/mol. The Kier molecular flexibility index (Phi) is 22.2. The molecule has 0 radical (unpaired) electrons. The molecule has 0 heterocycles. The second-order valence-electron chi connectivity index (χ2n) is 0.0690. The molecule has 0 fully saturated rings. The van der Waals surface area contributed by atoms with Gasteiger partial charge in [-0.25, -0.2) is 0 Å². The molecule has 0 aromatic heterocycles. The third-order valence-electron chi connectivity index (χ3n) is 0. The number of hydrogen-bond acceptors (Lipinski definition) is 0. The Balaban J connectivity index is 0. The molecule has 0 nitrogen and oxygen atoms in total. The van der Waals surface area contributed by atoms with Gasteiger partial charge in [0.25, 0.3) is 0 Å². The maximum absolute atomic E-state index is 2.58. The average Bonchev–Trinajstić information content (AvgIpc) is 0.918. The Bertz CT molecular complexity index is 8.00. The van der Waals surface area contributed by atoms with E-state index in [1.54, 1.807) is 0 Å². The van der Waals surface area contributed by atoms with Crippen molar-refractivity contribution in [3.63, 3.8) is 0 Å². The van der Waals surface area contributed by atoms with Crippen LogP contribution in [0.15, 0.2) is 0 Å². The van der Waals surface area contributed by atoms with E-state index in [1.165, 1.54) is 0 Å². The summed E-state index contributed by atoms with van der Waals surface area (Å²) in [6.45, 7) is 0. The molecule has 4 heavy (non-hydrogen) atoms. The van der Waals surface area contributed by atoms with Crippen LogP contribution in [0.2, 0.25) is 0 Å². The number of rotatable bonds is 0. The van der Waals surface area contributed by atoms with Gasteiger partial charge in [-0.1, -0.05) is 0 Å². The zero-order valence-corrected chi connectivity index (χ0v) is 10.9. The molecule has 4 heteroatoms. The van der Waals surface area contributed by atoms with E-state index < -0.39 is 0 Å². The summed E-state index contributed by atoms with van der Waals surface area (Å²) in [5.41, 5.74) is 0. The van der Waals surface area contributed by atoms with Crippen LogP contribution in [0, 0.1) is 0 Å². The molecule has 0 atom stereocenters. The van der Waals surface area contributed by atoms with Crippen LogP contribution in [0.25, 0.3) is 0 Å². The van der Waals surface area contributed by atoms with Crippen LogP contribution in [0.3, 0.4) is 0 Å². The molecule has 0 amide bonds. The van der Waals surface area contributed by atoms with Crippen molar-refractivity contribution in [2.75, 3.05) is 0 Å². The van der Waals surface area contributed by atoms with Gasteiger partial charge < -0.3 is 0 Å². The molecule has 0 aliphatic carbocycles. The van der Waals surface area contributed by atoms with Gasteiger partial charge in [-0.2, -0.15) is 0 Å². The van der Waals surface area contributed by atoms with Gasteiger partial charge in [-0.05, 0) is 0 Å². The summed E-state index contributed by atoms with van der Waals surface area (Å²) in [7, 11) is 0. The van der Waals surface area contributed by atoms with Crippen LogP contribution in [-0.4, -0.2) is 13.4 Å². The van der Waals surface area contributed by atoms with Crippen LogP contribution >= 0.6 is 19.4 Å². The molecule has 0 aromatic carbocycles. The molecule has 0 aromatic rings. The van der Waals surface area contributed by atoms with E-state index in [-0.39, 0.29) is 19.5 Å². The van der Waals surface area contributed by atoms with Gasteiger partial charge >= 0.3 is 45.5 Å². The van der Waals surface area contributed by atoms with Crippen molar-refractivity contribution in [1.29, 1.82) is 0 Å². The van der Waals surface area contributed by atoms with Crippen molar-refractivity contribution in [1.82, 2.24) is 0 Å². The Morgan fingerprint density at radius 3 is 1.75 bits per heavy atom. The van der Waals surface area contributed by atoms with E-state index in [4.69, 9.17) is 0 Å². The van der Waals surface area contributed by atoms with Gasteiger partial charge in [0.1, 0.15) is 0 Å². The maximum Gasteiger partial charge on any atom is 0 e. The molecule has 0 unspecified atom stereocenters. The predicted octanol–water partition coefficient (Wildman–Crippen LogP) is 0.232. The van der Waals surface area contributed by atoms with Crippen molar-refractivity contribution >= 4 is 32.7 Å². The van der Waals surface area contributed by atoms with Crippen molar-refractivity contribution in [2.45, 2.75) is 0 Å². The summed E-state index contributed by atoms with van der Waals surface area (Å²) in [6.07, 6.45) is 0. The Labute approximate surface area is 63.8 Å². The zero-order chi connectivity index (χ0) is 2.71. The third kappa shape index (κ3) is 8.82. The van der Waals surface area contributed by atoms with Crippen LogP contribution < -0.4 is 0 Å². The normalized spacial score (nSPS) is 4.50. The Morgan fingerprint density at radius 1 is 1.75 bits per heavy atom. The fourth-order valence-electron chi connectivity index (χ4n) is 0. The van der Waals surface area contributed by atoms with Crippen molar-refractivity contribution in [3.05, 3.63) is 0 Å². The van der Waals surface area contributed by atoms with E-state index in [1.807, 2.05) is 0 Å². The quantitative estimate of drug-likeness (QED) is 0.424. The van der Waals surface area contributed by atoms with Gasteiger partial charge in [-0.3, -0.25) is 0 Å². The summed E-state index contributed by atoms with van der Waals surface area (Å²) in [6, 6.07) is 0. The van der Waals surface area contributed by atoms with Crippen LogP contribution in [-0.2, 0) is 32.3 Å². The molecular formula is HIMoSeZn. The molecule has 22 valence electrons. The number of hydrogen-bond donors (Lipinski definition) is 0. The van der Waals surface area contributed by atoms with E-state index in [9.17, 15) is 0 Å². The fraction of sp³-hybridized carbons (Fsp3) is 0. The van der Waals surface area contributed by atoms with E-state index in [0.717, 1.165) is 0 Å². The standard InChI is InChI=1S/HI.Mo.H2Se.Zn/h1H;;1H2;/q;+2;;/p-2. The minimum atomic E-state index is 0. The van der Waals surface area contributed by atoms with Gasteiger partial charge in [0.05, 0.1) is 0 Å². The first-order chi connectivity index (χ1) is 1.41. The minimum absolute atomic E-state index is 0. The maximum atomic E-state index is 2.58. The topological polar surface area (TPSA) is 0 Å². The molecule has 0 saturated carbocycles. The third-order valence-corrected chi connectivity index (χ3v) is 0. The largest absolute Gasteiger partial charge is 0 e. The monoisotopic (exact) mass is 370 g/mol. The first-order valence-corrected chi connectivity index (χ1v) is 11.7. The molecule has 0 N–H and O–H groups in total. The Morgan fingerprint density at radius 2 is 1.75 bits per heavy atom. The SMILES string of the molecule is [SeH][Mo][I].[Zn]. The van der Waals surface area contributed by atoms with E-state index in [0.29, 0.717) is 12.8 Å². The summed E-state index contributed by atoms with van der Waals surface area (Å²) in [5.74, 6) is 0. The molecule has 0 bridgehead atoms.